The van der Waals surface area contributed by atoms with Gasteiger partial charge in [-0.3, -0.25) is 0 Å². The van der Waals surface area contributed by atoms with Gasteiger partial charge in [0, 0.05) is 19.0 Å². The Bertz CT molecular complexity index is 414. The highest BCUT2D eigenvalue weighted by Crippen LogP contribution is 2.35. The first-order valence-corrected chi connectivity index (χ1v) is 7.17. The van der Waals surface area contributed by atoms with Crippen LogP contribution in [0.2, 0.25) is 0 Å². The van der Waals surface area contributed by atoms with Crippen molar-refractivity contribution in [3.8, 4) is 0 Å². The van der Waals surface area contributed by atoms with Crippen molar-refractivity contribution in [3.05, 3.63) is 35.4 Å². The van der Waals surface area contributed by atoms with Crippen LogP contribution in [0.4, 0.5) is 0 Å². The fraction of sp³-hybridized carbons (Fsp3) is 0.625. The summed E-state index contributed by atoms with van der Waals surface area (Å²) in [6.45, 7) is 4.42. The number of hydrogen-bond donors (Lipinski definition) is 1. The van der Waals surface area contributed by atoms with Crippen LogP contribution in [-0.2, 0) is 6.42 Å². The number of rotatable bonds is 2. The first-order chi connectivity index (χ1) is 8.65. The fourth-order valence-corrected chi connectivity index (χ4v) is 3.56. The van der Waals surface area contributed by atoms with E-state index in [0.29, 0.717) is 6.04 Å². The third-order valence-electron chi connectivity index (χ3n) is 4.63. The van der Waals surface area contributed by atoms with Crippen LogP contribution >= 0.6 is 0 Å². The highest BCUT2D eigenvalue weighted by atomic mass is 16.3. The van der Waals surface area contributed by atoms with Gasteiger partial charge in [0.15, 0.2) is 0 Å². The van der Waals surface area contributed by atoms with Crippen LogP contribution < -0.4 is 0 Å². The van der Waals surface area contributed by atoms with E-state index in [1.807, 2.05) is 0 Å². The average molecular weight is 245 g/mol. The van der Waals surface area contributed by atoms with Gasteiger partial charge in [-0.2, -0.15) is 0 Å². The summed E-state index contributed by atoms with van der Waals surface area (Å²) in [6.07, 6.45) is 5.29. The Morgan fingerprint density at radius 1 is 1.28 bits per heavy atom. The lowest BCUT2D eigenvalue weighted by Gasteiger charge is -2.41. The molecule has 1 aromatic carbocycles. The van der Waals surface area contributed by atoms with E-state index < -0.39 is 5.60 Å². The smallest absolute Gasteiger partial charge is 0.0715 e. The van der Waals surface area contributed by atoms with Crippen LogP contribution in [-0.4, -0.2) is 34.7 Å². The molecule has 0 radical (unpaired) electrons. The molecule has 2 nitrogen and oxygen atoms in total. The molecule has 0 aliphatic carbocycles. The molecule has 0 spiro atoms. The quantitative estimate of drug-likeness (QED) is 0.865. The lowest BCUT2D eigenvalue weighted by molar-refractivity contribution is -0.0354. The SMILES string of the molecule is Cc1ccc(CC2(O)CCN3CCCC3C2)cc1. The van der Waals surface area contributed by atoms with Crippen molar-refractivity contribution < 1.29 is 5.11 Å². The van der Waals surface area contributed by atoms with Gasteiger partial charge in [0.25, 0.3) is 0 Å². The first-order valence-electron chi connectivity index (χ1n) is 7.17. The van der Waals surface area contributed by atoms with E-state index >= 15 is 0 Å². The molecule has 0 bridgehead atoms. The van der Waals surface area contributed by atoms with Gasteiger partial charge in [-0.05, 0) is 44.7 Å². The molecule has 1 aromatic rings. The van der Waals surface area contributed by atoms with Crippen molar-refractivity contribution in [1.29, 1.82) is 0 Å². The van der Waals surface area contributed by atoms with Gasteiger partial charge in [-0.15, -0.1) is 0 Å². The van der Waals surface area contributed by atoms with Crippen LogP contribution in [0.1, 0.15) is 36.8 Å². The lowest BCUT2D eigenvalue weighted by atomic mass is 9.82. The molecule has 3 rings (SSSR count). The zero-order valence-corrected chi connectivity index (χ0v) is 11.2. The normalized spacial score (nSPS) is 32.4. The van der Waals surface area contributed by atoms with Gasteiger partial charge in [0.1, 0.15) is 0 Å². The molecule has 18 heavy (non-hydrogen) atoms. The standard InChI is InChI=1S/C16H23NO/c1-13-4-6-14(7-5-13)11-16(18)8-10-17-9-2-3-15(17)12-16/h4-7,15,18H,2-3,8-12H2,1H3. The fourth-order valence-electron chi connectivity index (χ4n) is 3.56. The molecular weight excluding hydrogens is 222 g/mol. The third-order valence-corrected chi connectivity index (χ3v) is 4.63. The van der Waals surface area contributed by atoms with Gasteiger partial charge >= 0.3 is 0 Å². The van der Waals surface area contributed by atoms with E-state index in [4.69, 9.17) is 0 Å². The maximum Gasteiger partial charge on any atom is 0.0715 e. The maximum atomic E-state index is 10.8. The van der Waals surface area contributed by atoms with Gasteiger partial charge < -0.3 is 10.0 Å². The van der Waals surface area contributed by atoms with E-state index in [1.165, 1.54) is 30.5 Å². The minimum Gasteiger partial charge on any atom is -0.389 e. The molecule has 0 amide bonds. The molecule has 0 saturated carbocycles. The van der Waals surface area contributed by atoms with E-state index in [0.717, 1.165) is 25.8 Å². The third kappa shape index (κ3) is 2.45. The Morgan fingerprint density at radius 2 is 2.06 bits per heavy atom. The summed E-state index contributed by atoms with van der Waals surface area (Å²) in [6, 6.07) is 9.24. The van der Waals surface area contributed by atoms with E-state index in [2.05, 4.69) is 36.1 Å². The summed E-state index contributed by atoms with van der Waals surface area (Å²) in [5, 5.41) is 10.8. The second-order valence-corrected chi connectivity index (χ2v) is 6.17. The van der Waals surface area contributed by atoms with Gasteiger partial charge in [0.2, 0.25) is 0 Å². The Kier molecular flexibility index (Phi) is 3.16. The number of fused-ring (bicyclic) bond motifs is 1. The summed E-state index contributed by atoms with van der Waals surface area (Å²) >= 11 is 0. The average Bonchev–Trinajstić information content (AvgIpc) is 2.79. The van der Waals surface area contributed by atoms with Gasteiger partial charge in [-0.1, -0.05) is 29.8 Å². The van der Waals surface area contributed by atoms with Crippen LogP contribution in [0.3, 0.4) is 0 Å². The highest BCUT2D eigenvalue weighted by molar-refractivity contribution is 5.23. The summed E-state index contributed by atoms with van der Waals surface area (Å²) in [7, 11) is 0. The largest absolute Gasteiger partial charge is 0.389 e. The predicted octanol–water partition coefficient (Wildman–Crippen LogP) is 2.53. The van der Waals surface area contributed by atoms with Crippen molar-refractivity contribution in [2.45, 2.75) is 50.7 Å². The summed E-state index contributed by atoms with van der Waals surface area (Å²) < 4.78 is 0. The number of nitrogens with zero attached hydrogens (tertiary/aromatic N) is 1. The van der Waals surface area contributed by atoms with E-state index in [-0.39, 0.29) is 0 Å². The van der Waals surface area contributed by atoms with E-state index in [1.54, 1.807) is 0 Å². The number of hydrogen-bond acceptors (Lipinski definition) is 2. The Balaban J connectivity index is 1.69. The number of aliphatic hydroxyl groups is 1. The molecule has 0 aromatic heterocycles. The molecule has 2 atom stereocenters. The summed E-state index contributed by atoms with van der Waals surface area (Å²) in [4.78, 5) is 2.56. The zero-order valence-electron chi connectivity index (χ0n) is 11.2. The first kappa shape index (κ1) is 12.2. The molecule has 98 valence electrons. The van der Waals surface area contributed by atoms with Crippen LogP contribution in [0.25, 0.3) is 0 Å². The predicted molar refractivity (Wildman–Crippen MR) is 73.7 cm³/mol. The van der Waals surface area contributed by atoms with Crippen molar-refractivity contribution in [2.75, 3.05) is 13.1 Å². The topological polar surface area (TPSA) is 23.5 Å². The molecule has 2 fully saturated rings. The lowest BCUT2D eigenvalue weighted by Crippen LogP contribution is -2.48. The van der Waals surface area contributed by atoms with Crippen molar-refractivity contribution in [3.63, 3.8) is 0 Å². The molecule has 2 aliphatic heterocycles. The zero-order chi connectivity index (χ0) is 12.6. The second-order valence-electron chi connectivity index (χ2n) is 6.17. The molecule has 2 heterocycles. The van der Waals surface area contributed by atoms with Crippen LogP contribution in [0.5, 0.6) is 0 Å². The minimum absolute atomic E-state index is 0.471. The highest BCUT2D eigenvalue weighted by Gasteiger charge is 2.39. The number of piperidine rings is 1. The number of benzene rings is 1. The van der Waals surface area contributed by atoms with Gasteiger partial charge in [0.05, 0.1) is 5.60 Å². The maximum absolute atomic E-state index is 10.8. The van der Waals surface area contributed by atoms with Crippen molar-refractivity contribution >= 4 is 0 Å². The minimum atomic E-state index is -0.471. The molecular formula is C16H23NO. The monoisotopic (exact) mass is 245 g/mol. The molecule has 2 unspecified atom stereocenters. The van der Waals surface area contributed by atoms with Crippen LogP contribution in [0.15, 0.2) is 24.3 Å². The van der Waals surface area contributed by atoms with Gasteiger partial charge in [-0.25, -0.2) is 0 Å². The molecule has 2 saturated heterocycles. The summed E-state index contributed by atoms with van der Waals surface area (Å²) in [5.74, 6) is 0. The Hall–Kier alpha value is -0.860. The Labute approximate surface area is 110 Å². The second kappa shape index (κ2) is 4.67. The molecule has 2 aliphatic rings. The number of aryl methyl sites for hydroxylation is 1. The van der Waals surface area contributed by atoms with Crippen LogP contribution in [0, 0.1) is 6.92 Å². The van der Waals surface area contributed by atoms with Crippen molar-refractivity contribution in [1.82, 2.24) is 4.90 Å². The molecule has 1 N–H and O–H groups in total. The summed E-state index contributed by atoms with van der Waals surface area (Å²) in [5.41, 5.74) is 2.09. The van der Waals surface area contributed by atoms with Crippen molar-refractivity contribution in [2.24, 2.45) is 0 Å². The van der Waals surface area contributed by atoms with E-state index in [9.17, 15) is 5.11 Å². The molecule has 2 heteroatoms. The Morgan fingerprint density at radius 3 is 2.83 bits per heavy atom.